The molecular formula is C34H56O3SSi. The van der Waals surface area contributed by atoms with Gasteiger partial charge in [-0.05, 0) is 85.6 Å². The summed E-state index contributed by atoms with van der Waals surface area (Å²) in [5.41, 5.74) is 5.07. The number of fused-ring (bicyclic) bond motifs is 1. The number of aliphatic hydroxyl groups is 2. The third-order valence-electron chi connectivity index (χ3n) is 10.4. The highest BCUT2D eigenvalue weighted by atomic mass is 32.2. The van der Waals surface area contributed by atoms with Crippen LogP contribution in [0, 0.1) is 11.3 Å². The predicted octanol–water partition coefficient (Wildman–Crippen LogP) is 8.92. The summed E-state index contributed by atoms with van der Waals surface area (Å²) in [6, 6.07) is 3.60. The molecule has 0 bridgehead atoms. The number of hydrogen-bond acceptors (Lipinski definition) is 4. The van der Waals surface area contributed by atoms with E-state index in [0.717, 1.165) is 48.3 Å². The minimum absolute atomic E-state index is 0.105. The molecule has 0 aromatic rings. The van der Waals surface area contributed by atoms with Crippen LogP contribution in [0.5, 0.6) is 0 Å². The third-order valence-corrected chi connectivity index (χ3v) is 16.1. The molecule has 0 radical (unpaired) electrons. The van der Waals surface area contributed by atoms with Crippen molar-refractivity contribution < 1.29 is 14.6 Å². The van der Waals surface area contributed by atoms with Gasteiger partial charge in [-0.15, -0.1) is 0 Å². The van der Waals surface area contributed by atoms with Gasteiger partial charge in [0, 0.05) is 17.9 Å². The van der Waals surface area contributed by atoms with E-state index in [1.807, 2.05) is 11.8 Å². The summed E-state index contributed by atoms with van der Waals surface area (Å²) >= 11 is 2.04. The first-order valence-electron chi connectivity index (χ1n) is 15.7. The van der Waals surface area contributed by atoms with Crippen LogP contribution in [-0.2, 0) is 4.43 Å². The molecule has 2 saturated carbocycles. The lowest BCUT2D eigenvalue weighted by Gasteiger charge is -2.41. The van der Waals surface area contributed by atoms with Crippen LogP contribution >= 0.6 is 11.8 Å². The Bertz CT molecular complexity index is 947. The lowest BCUT2D eigenvalue weighted by molar-refractivity contribution is 0.0862. The number of rotatable bonds is 13. The molecule has 3 nitrogen and oxygen atoms in total. The highest BCUT2D eigenvalue weighted by Gasteiger charge is 2.44. The molecule has 0 heterocycles. The molecule has 5 heteroatoms. The van der Waals surface area contributed by atoms with E-state index >= 15 is 0 Å². The Balaban J connectivity index is 1.61. The summed E-state index contributed by atoms with van der Waals surface area (Å²) in [5, 5.41) is 20.3. The van der Waals surface area contributed by atoms with E-state index < -0.39 is 20.5 Å². The standard InChI is InChI=1S/C34H56O3SSi/c1-8-34(9-2,37-39(10-3,11-4)12-5)21-14-22-38-25-29-18-19-31-27(15-13-20-33(29,31)7)16-17-28-23-30(35)24-32(36)26(28)6/h14,16-18,21,30-32,35-36H,6,8-13,15,19-20,22-25H2,1-5,7H3/b21-14-,27-16?,28-17?/t30-,31+,32+,33-/m1/s1. The fourth-order valence-electron chi connectivity index (χ4n) is 7.16. The number of thioether (sulfide) groups is 1. The molecule has 39 heavy (non-hydrogen) atoms. The topological polar surface area (TPSA) is 49.7 Å². The second-order valence-electron chi connectivity index (χ2n) is 12.4. The van der Waals surface area contributed by atoms with Gasteiger partial charge in [0.2, 0.25) is 0 Å². The number of allylic oxidation sites excluding steroid dienone is 4. The maximum absolute atomic E-state index is 10.2. The molecule has 4 atom stereocenters. The molecule has 0 amide bonds. The molecule has 2 fully saturated rings. The zero-order valence-electron chi connectivity index (χ0n) is 25.7. The van der Waals surface area contributed by atoms with E-state index in [-0.39, 0.29) is 11.0 Å². The van der Waals surface area contributed by atoms with Gasteiger partial charge in [0.25, 0.3) is 0 Å². The van der Waals surface area contributed by atoms with Crippen molar-refractivity contribution in [1.82, 2.24) is 0 Å². The lowest BCUT2D eigenvalue weighted by Crippen LogP contribution is -2.46. The van der Waals surface area contributed by atoms with Crippen LogP contribution in [0.1, 0.15) is 92.9 Å². The zero-order valence-corrected chi connectivity index (χ0v) is 27.5. The molecule has 0 saturated heterocycles. The van der Waals surface area contributed by atoms with Crippen molar-refractivity contribution in [3.8, 4) is 0 Å². The first-order valence-corrected chi connectivity index (χ1v) is 19.4. The van der Waals surface area contributed by atoms with Gasteiger partial charge in [0.05, 0.1) is 17.8 Å². The minimum atomic E-state index is -1.66. The average molecular weight is 573 g/mol. The average Bonchev–Trinajstić information content (AvgIpc) is 3.28. The van der Waals surface area contributed by atoms with E-state index in [9.17, 15) is 10.2 Å². The van der Waals surface area contributed by atoms with Crippen LogP contribution in [0.2, 0.25) is 18.1 Å². The molecule has 0 unspecified atom stereocenters. The van der Waals surface area contributed by atoms with Crippen LogP contribution < -0.4 is 0 Å². The Morgan fingerprint density at radius 2 is 1.82 bits per heavy atom. The second-order valence-corrected chi connectivity index (χ2v) is 18.1. The van der Waals surface area contributed by atoms with Gasteiger partial charge in [-0.2, -0.15) is 11.8 Å². The molecule has 0 aromatic carbocycles. The van der Waals surface area contributed by atoms with Gasteiger partial charge in [-0.25, -0.2) is 0 Å². The van der Waals surface area contributed by atoms with Crippen molar-refractivity contribution in [2.24, 2.45) is 11.3 Å². The maximum atomic E-state index is 10.2. The summed E-state index contributed by atoms with van der Waals surface area (Å²) in [6.07, 6.45) is 18.5. The summed E-state index contributed by atoms with van der Waals surface area (Å²) < 4.78 is 7.02. The van der Waals surface area contributed by atoms with Crippen molar-refractivity contribution in [2.75, 3.05) is 11.5 Å². The molecule has 0 aromatic heterocycles. The SMILES string of the molecule is C=C1C(=CC=C2CCC[C@]3(C)C(CSC/C=C\C(CC)(CC)O[Si](CC)(CC)CC)=CC[C@@H]23)C[C@@H](O)C[C@@H]1O. The van der Waals surface area contributed by atoms with Crippen molar-refractivity contribution in [2.45, 2.75) is 129 Å². The van der Waals surface area contributed by atoms with E-state index in [2.05, 4.69) is 78.5 Å². The van der Waals surface area contributed by atoms with Gasteiger partial charge >= 0.3 is 0 Å². The summed E-state index contributed by atoms with van der Waals surface area (Å²) in [5.74, 6) is 2.70. The minimum Gasteiger partial charge on any atom is -0.408 e. The summed E-state index contributed by atoms with van der Waals surface area (Å²) in [7, 11) is -1.66. The largest absolute Gasteiger partial charge is 0.408 e. The monoisotopic (exact) mass is 572 g/mol. The Hall–Kier alpha value is -0.853. The van der Waals surface area contributed by atoms with E-state index in [0.29, 0.717) is 18.8 Å². The van der Waals surface area contributed by atoms with Crippen molar-refractivity contribution >= 4 is 20.1 Å². The molecule has 3 rings (SSSR count). The van der Waals surface area contributed by atoms with Crippen LogP contribution in [0.15, 0.2) is 59.3 Å². The van der Waals surface area contributed by atoms with Gasteiger partial charge in [0.15, 0.2) is 8.32 Å². The maximum Gasteiger partial charge on any atom is 0.193 e. The van der Waals surface area contributed by atoms with Gasteiger partial charge < -0.3 is 14.6 Å². The first-order chi connectivity index (χ1) is 18.6. The zero-order chi connectivity index (χ0) is 28.7. The van der Waals surface area contributed by atoms with Gasteiger partial charge in [0.1, 0.15) is 0 Å². The van der Waals surface area contributed by atoms with Crippen LogP contribution in [0.4, 0.5) is 0 Å². The third kappa shape index (κ3) is 7.51. The Morgan fingerprint density at radius 1 is 1.13 bits per heavy atom. The van der Waals surface area contributed by atoms with Gasteiger partial charge in [-0.3, -0.25) is 0 Å². The van der Waals surface area contributed by atoms with E-state index in [1.165, 1.54) is 36.5 Å². The Kier molecular flexibility index (Phi) is 12.0. The Labute approximate surface area is 245 Å². The summed E-state index contributed by atoms with van der Waals surface area (Å²) in [6.45, 7) is 18.1. The van der Waals surface area contributed by atoms with Gasteiger partial charge in [-0.1, -0.05) is 89.6 Å². The fourth-order valence-corrected chi connectivity index (χ4v) is 11.3. The van der Waals surface area contributed by atoms with Crippen LogP contribution in [0.3, 0.4) is 0 Å². The van der Waals surface area contributed by atoms with E-state index in [1.54, 1.807) is 5.57 Å². The Morgan fingerprint density at radius 3 is 2.46 bits per heavy atom. The van der Waals surface area contributed by atoms with Crippen molar-refractivity contribution in [3.05, 3.63) is 59.3 Å². The normalized spacial score (nSPS) is 30.4. The fraction of sp³-hybridized carbons (Fsp3) is 0.706. The smallest absolute Gasteiger partial charge is 0.193 e. The van der Waals surface area contributed by atoms with E-state index in [4.69, 9.17) is 4.43 Å². The molecule has 0 aliphatic heterocycles. The predicted molar refractivity (Wildman–Crippen MR) is 173 cm³/mol. The lowest BCUT2D eigenvalue weighted by atomic mass is 9.64. The number of hydrogen-bond donors (Lipinski definition) is 2. The van der Waals surface area contributed by atoms with Crippen molar-refractivity contribution in [3.63, 3.8) is 0 Å². The molecule has 3 aliphatic rings. The van der Waals surface area contributed by atoms with Crippen LogP contribution in [0.25, 0.3) is 0 Å². The molecule has 220 valence electrons. The first kappa shape index (κ1) is 32.7. The van der Waals surface area contributed by atoms with Crippen LogP contribution in [-0.4, -0.2) is 47.8 Å². The van der Waals surface area contributed by atoms with Crippen molar-refractivity contribution in [1.29, 1.82) is 0 Å². The summed E-state index contributed by atoms with van der Waals surface area (Å²) in [4.78, 5) is 0. The highest BCUT2D eigenvalue weighted by molar-refractivity contribution is 7.99. The quantitative estimate of drug-likeness (QED) is 0.131. The molecule has 0 spiro atoms. The second kappa shape index (κ2) is 14.4. The highest BCUT2D eigenvalue weighted by Crippen LogP contribution is 2.55. The number of aliphatic hydroxyl groups excluding tert-OH is 2. The molecule has 2 N–H and O–H groups in total. The molecular weight excluding hydrogens is 517 g/mol. The molecule has 3 aliphatic carbocycles.